The minimum atomic E-state index is -3.36. The molecule has 1 aliphatic rings. The molecule has 1 heterocycles. The zero-order valence-electron chi connectivity index (χ0n) is 23.7. The second-order valence-corrected chi connectivity index (χ2v) is 13.8. The summed E-state index contributed by atoms with van der Waals surface area (Å²) in [5, 5.41) is 4.91. The molecule has 0 radical (unpaired) electrons. The molecular formula is C29H39N3O7S. The van der Waals surface area contributed by atoms with Gasteiger partial charge < -0.3 is 25.8 Å². The highest BCUT2D eigenvalue weighted by molar-refractivity contribution is 7.92. The number of rotatable bonds is 9. The summed E-state index contributed by atoms with van der Waals surface area (Å²) in [6.45, 7) is 8.99. The Labute approximate surface area is 235 Å². The first-order valence-corrected chi connectivity index (χ1v) is 14.8. The van der Waals surface area contributed by atoms with Gasteiger partial charge in [-0.05, 0) is 63.4 Å². The summed E-state index contributed by atoms with van der Waals surface area (Å²) in [6.07, 6.45) is -0.151. The van der Waals surface area contributed by atoms with Crippen molar-refractivity contribution in [2.45, 2.75) is 81.2 Å². The Kier molecular flexibility index (Phi) is 9.63. The summed E-state index contributed by atoms with van der Waals surface area (Å²) in [6, 6.07) is 13.0. The zero-order valence-corrected chi connectivity index (χ0v) is 24.5. The predicted molar refractivity (Wildman–Crippen MR) is 151 cm³/mol. The number of ether oxygens (including phenoxy) is 2. The Hall–Kier alpha value is -3.44. The molecule has 0 aromatic heterocycles. The van der Waals surface area contributed by atoms with Crippen molar-refractivity contribution in [3.05, 3.63) is 54.1 Å². The molecule has 1 saturated heterocycles. The molecule has 1 fully saturated rings. The van der Waals surface area contributed by atoms with Gasteiger partial charge in [-0.2, -0.15) is 0 Å². The van der Waals surface area contributed by atoms with E-state index in [1.165, 1.54) is 0 Å². The second-order valence-electron chi connectivity index (χ2n) is 11.3. The van der Waals surface area contributed by atoms with E-state index >= 15 is 0 Å². The van der Waals surface area contributed by atoms with Crippen LogP contribution in [0.15, 0.2) is 53.4 Å². The highest BCUT2D eigenvalue weighted by Crippen LogP contribution is 2.25. The molecule has 2 aromatic carbocycles. The van der Waals surface area contributed by atoms with Crippen molar-refractivity contribution < 1.29 is 32.3 Å². The van der Waals surface area contributed by atoms with Gasteiger partial charge in [-0.3, -0.25) is 9.59 Å². The molecule has 1 aliphatic heterocycles. The molecule has 0 aliphatic carbocycles. The summed E-state index contributed by atoms with van der Waals surface area (Å²) in [5.74, 6) is -1.24. The summed E-state index contributed by atoms with van der Waals surface area (Å²) in [4.78, 5) is 38.5. The molecule has 1 unspecified atom stereocenters. The fourth-order valence-corrected chi connectivity index (χ4v) is 5.38. The smallest absolute Gasteiger partial charge is 0.408 e. The number of hydrogen-bond donors (Lipinski definition) is 3. The average molecular weight is 574 g/mol. The Morgan fingerprint density at radius 3 is 1.98 bits per heavy atom. The van der Waals surface area contributed by atoms with Gasteiger partial charge in [-0.1, -0.05) is 36.4 Å². The molecule has 4 N–H and O–H groups in total. The van der Waals surface area contributed by atoms with Gasteiger partial charge in [0.1, 0.15) is 17.2 Å². The standard InChI is InChI=1S/C29H39N3O7S/c1-19(2)40(36,37)23-12-10-22(11-13-23)21-8-6-20(7-9-21)18-24(25(30)33)31-26(34)29(14-16-38-17-15-29)32-27(35)39-28(3,4)5/h6-13,19,24H,14-18H2,1-5H3,(H2,30,33)(H,31,34)(H,32,35). The summed E-state index contributed by atoms with van der Waals surface area (Å²) >= 11 is 0. The van der Waals surface area contributed by atoms with Crippen molar-refractivity contribution in [1.82, 2.24) is 10.6 Å². The first kappa shape index (κ1) is 31.1. The van der Waals surface area contributed by atoms with Crippen LogP contribution in [-0.4, -0.2) is 62.0 Å². The van der Waals surface area contributed by atoms with Gasteiger partial charge in [0.2, 0.25) is 11.8 Å². The molecule has 2 aromatic rings. The van der Waals surface area contributed by atoms with E-state index in [0.717, 1.165) is 16.7 Å². The molecular weight excluding hydrogens is 534 g/mol. The lowest BCUT2D eigenvalue weighted by Crippen LogP contribution is -2.64. The largest absolute Gasteiger partial charge is 0.444 e. The molecule has 218 valence electrons. The molecule has 3 amide bonds. The van der Waals surface area contributed by atoms with E-state index in [4.69, 9.17) is 15.2 Å². The van der Waals surface area contributed by atoms with Gasteiger partial charge in [-0.25, -0.2) is 13.2 Å². The SMILES string of the molecule is CC(C)S(=O)(=O)c1ccc(-c2ccc(CC(NC(=O)C3(NC(=O)OC(C)(C)C)CCOCC3)C(N)=O)cc2)cc1. The lowest BCUT2D eigenvalue weighted by molar-refractivity contribution is -0.135. The van der Waals surface area contributed by atoms with E-state index in [0.29, 0.717) is 0 Å². The Bertz CT molecular complexity index is 1310. The van der Waals surface area contributed by atoms with E-state index in [-0.39, 0.29) is 37.4 Å². The molecule has 0 bridgehead atoms. The number of alkyl carbamates (subject to hydrolysis) is 1. The number of sulfone groups is 1. The molecule has 3 rings (SSSR count). The maximum Gasteiger partial charge on any atom is 0.408 e. The normalized spacial score (nSPS) is 16.1. The quantitative estimate of drug-likeness (QED) is 0.416. The minimum absolute atomic E-state index is 0.145. The van der Waals surface area contributed by atoms with E-state index in [1.807, 2.05) is 24.3 Å². The number of nitrogens with two attached hydrogens (primary N) is 1. The van der Waals surface area contributed by atoms with E-state index in [1.54, 1.807) is 58.9 Å². The zero-order chi connectivity index (χ0) is 29.7. The summed E-state index contributed by atoms with van der Waals surface area (Å²) < 4.78 is 35.5. The maximum atomic E-state index is 13.4. The van der Waals surface area contributed by atoms with Crippen molar-refractivity contribution in [1.29, 1.82) is 0 Å². The van der Waals surface area contributed by atoms with E-state index in [2.05, 4.69) is 10.6 Å². The van der Waals surface area contributed by atoms with Crippen molar-refractivity contribution in [3.63, 3.8) is 0 Å². The van der Waals surface area contributed by atoms with Gasteiger partial charge >= 0.3 is 6.09 Å². The van der Waals surface area contributed by atoms with Gasteiger partial charge in [0.05, 0.1) is 10.1 Å². The van der Waals surface area contributed by atoms with Crippen LogP contribution in [0.2, 0.25) is 0 Å². The van der Waals surface area contributed by atoms with Crippen LogP contribution in [0.1, 0.15) is 53.0 Å². The van der Waals surface area contributed by atoms with Crippen LogP contribution in [0.3, 0.4) is 0 Å². The Morgan fingerprint density at radius 1 is 0.975 bits per heavy atom. The fourth-order valence-electron chi connectivity index (χ4n) is 4.33. The first-order valence-electron chi connectivity index (χ1n) is 13.3. The van der Waals surface area contributed by atoms with Crippen molar-refractivity contribution in [3.8, 4) is 11.1 Å². The molecule has 10 nitrogen and oxygen atoms in total. The van der Waals surface area contributed by atoms with Crippen LogP contribution in [0.5, 0.6) is 0 Å². The maximum absolute atomic E-state index is 13.4. The first-order chi connectivity index (χ1) is 18.6. The van der Waals surface area contributed by atoms with Crippen LogP contribution in [0, 0.1) is 0 Å². The minimum Gasteiger partial charge on any atom is -0.444 e. The molecule has 0 spiro atoms. The third-order valence-corrected chi connectivity index (χ3v) is 8.87. The molecule has 1 atom stereocenters. The number of carbonyl (C=O) groups is 3. The number of benzene rings is 2. The van der Waals surface area contributed by atoms with Crippen molar-refractivity contribution in [2.24, 2.45) is 5.73 Å². The lowest BCUT2D eigenvalue weighted by Gasteiger charge is -2.37. The van der Waals surface area contributed by atoms with E-state index < -0.39 is 50.2 Å². The Balaban J connectivity index is 1.72. The lowest BCUT2D eigenvalue weighted by atomic mass is 9.88. The highest BCUT2D eigenvalue weighted by Gasteiger charge is 2.43. The van der Waals surface area contributed by atoms with Gasteiger partial charge in [-0.15, -0.1) is 0 Å². The number of primary amides is 1. The van der Waals surface area contributed by atoms with Crippen molar-refractivity contribution >= 4 is 27.7 Å². The Morgan fingerprint density at radius 2 is 1.50 bits per heavy atom. The van der Waals surface area contributed by atoms with Crippen LogP contribution >= 0.6 is 0 Å². The third-order valence-electron chi connectivity index (χ3n) is 6.70. The van der Waals surface area contributed by atoms with Crippen LogP contribution < -0.4 is 16.4 Å². The average Bonchev–Trinajstić information content (AvgIpc) is 2.88. The number of amides is 3. The number of nitrogens with one attached hydrogen (secondary N) is 2. The monoisotopic (exact) mass is 573 g/mol. The highest BCUT2D eigenvalue weighted by atomic mass is 32.2. The third kappa shape index (κ3) is 7.82. The van der Waals surface area contributed by atoms with Crippen LogP contribution in [0.25, 0.3) is 11.1 Å². The van der Waals surface area contributed by atoms with Gasteiger partial charge in [0.15, 0.2) is 9.84 Å². The summed E-state index contributed by atoms with van der Waals surface area (Å²) in [7, 11) is -3.36. The predicted octanol–water partition coefficient (Wildman–Crippen LogP) is 3.12. The summed E-state index contributed by atoms with van der Waals surface area (Å²) in [5.41, 5.74) is 6.05. The van der Waals surface area contributed by atoms with Gasteiger partial charge in [0.25, 0.3) is 0 Å². The fraction of sp³-hybridized carbons (Fsp3) is 0.483. The molecule has 0 saturated carbocycles. The van der Waals surface area contributed by atoms with Crippen LogP contribution in [-0.2, 0) is 35.3 Å². The van der Waals surface area contributed by atoms with Gasteiger partial charge in [0, 0.05) is 32.5 Å². The number of carbonyl (C=O) groups excluding carboxylic acids is 3. The number of hydrogen-bond acceptors (Lipinski definition) is 7. The second kappa shape index (κ2) is 12.4. The van der Waals surface area contributed by atoms with Crippen LogP contribution in [0.4, 0.5) is 4.79 Å². The van der Waals surface area contributed by atoms with E-state index in [9.17, 15) is 22.8 Å². The molecule has 11 heteroatoms. The molecule has 40 heavy (non-hydrogen) atoms. The van der Waals surface area contributed by atoms with Crippen molar-refractivity contribution in [2.75, 3.05) is 13.2 Å². The topological polar surface area (TPSA) is 154 Å².